The molecule has 0 fully saturated rings. The normalized spacial score (nSPS) is 12.3. The Hall–Kier alpha value is -3.56. The van der Waals surface area contributed by atoms with E-state index >= 15 is 0 Å². The first kappa shape index (κ1) is 29.4. The number of aliphatic hydroxyl groups excluding tert-OH is 1. The minimum absolute atomic E-state index is 0.116. The van der Waals surface area contributed by atoms with Crippen molar-refractivity contribution >= 4 is 27.4 Å². The number of nitrogens with zero attached hydrogens (tertiary/aromatic N) is 2. The molecule has 0 unspecified atom stereocenters. The van der Waals surface area contributed by atoms with E-state index in [1.54, 1.807) is 43.3 Å². The number of ether oxygens (including phenoxy) is 1. The Morgan fingerprint density at radius 2 is 1.73 bits per heavy atom. The average Bonchev–Trinajstić information content (AvgIpc) is 2.97. The molecule has 9 heteroatoms. The van der Waals surface area contributed by atoms with Crippen LogP contribution in [0.15, 0.2) is 107 Å². The van der Waals surface area contributed by atoms with Gasteiger partial charge in [0, 0.05) is 30.9 Å². The van der Waals surface area contributed by atoms with Crippen molar-refractivity contribution < 1.29 is 23.1 Å². The zero-order valence-electron chi connectivity index (χ0n) is 22.1. The minimum Gasteiger partial charge on any atom is -0.462 e. The van der Waals surface area contributed by atoms with E-state index in [0.717, 1.165) is 16.7 Å². The number of aliphatic hydroxyl groups is 1. The lowest BCUT2D eigenvalue weighted by Crippen LogP contribution is -2.30. The number of halogens is 1. The predicted molar refractivity (Wildman–Crippen MR) is 154 cm³/mol. The third kappa shape index (κ3) is 7.76. The van der Waals surface area contributed by atoms with E-state index in [2.05, 4.69) is 9.88 Å². The molecule has 1 heterocycles. The van der Waals surface area contributed by atoms with Crippen LogP contribution in [0.1, 0.15) is 40.1 Å². The van der Waals surface area contributed by atoms with Crippen molar-refractivity contribution in [1.82, 2.24) is 9.88 Å². The number of carbonyl (C=O) groups is 1. The SMILES string of the molecule is CCOC(=O)c1ccc(S(=O)(=O)c2ccc(CCN(Cc3ccccc3)C[C@H](O)c3cccc(Cl)c3)cc2)nc1. The van der Waals surface area contributed by atoms with Gasteiger partial charge in [0.15, 0.2) is 5.03 Å². The van der Waals surface area contributed by atoms with Gasteiger partial charge in [0.2, 0.25) is 9.84 Å². The van der Waals surface area contributed by atoms with Crippen molar-refractivity contribution in [3.63, 3.8) is 0 Å². The van der Waals surface area contributed by atoms with Crippen LogP contribution < -0.4 is 0 Å². The summed E-state index contributed by atoms with van der Waals surface area (Å²) in [6, 6.07) is 26.7. The summed E-state index contributed by atoms with van der Waals surface area (Å²) >= 11 is 6.12. The van der Waals surface area contributed by atoms with Gasteiger partial charge >= 0.3 is 5.97 Å². The molecule has 1 N–H and O–H groups in total. The van der Waals surface area contributed by atoms with Gasteiger partial charge in [-0.3, -0.25) is 4.90 Å². The van der Waals surface area contributed by atoms with Crippen LogP contribution in [0.4, 0.5) is 0 Å². The van der Waals surface area contributed by atoms with Crippen LogP contribution in [0, 0.1) is 0 Å². The Balaban J connectivity index is 1.44. The van der Waals surface area contributed by atoms with Gasteiger partial charge in [-0.05, 0) is 66.4 Å². The molecule has 0 radical (unpaired) electrons. The van der Waals surface area contributed by atoms with E-state index in [1.807, 2.05) is 42.5 Å². The zero-order chi connectivity index (χ0) is 28.5. The molecule has 0 amide bonds. The molecule has 208 valence electrons. The molecule has 1 aromatic heterocycles. The maximum absolute atomic E-state index is 13.1. The van der Waals surface area contributed by atoms with Crippen molar-refractivity contribution in [2.75, 3.05) is 19.7 Å². The molecule has 4 aromatic rings. The standard InChI is InChI=1S/C31H31ClN2O5S/c1-2-39-31(36)26-13-16-30(33-20-26)40(37,38)28-14-11-23(12-15-28)17-18-34(21-24-7-4-3-5-8-24)22-29(35)25-9-6-10-27(32)19-25/h3-16,19-20,29,35H,2,17-18,21-22H2,1H3/t29-/m0/s1. The molecule has 1 atom stereocenters. The number of rotatable bonds is 12. The minimum atomic E-state index is -3.85. The van der Waals surface area contributed by atoms with Crippen molar-refractivity contribution in [2.24, 2.45) is 0 Å². The fourth-order valence-electron chi connectivity index (χ4n) is 4.26. The first-order valence-corrected chi connectivity index (χ1v) is 14.8. The largest absolute Gasteiger partial charge is 0.462 e. The number of hydrogen-bond acceptors (Lipinski definition) is 7. The Morgan fingerprint density at radius 3 is 2.38 bits per heavy atom. The molecule has 0 aliphatic rings. The van der Waals surface area contributed by atoms with Gasteiger partial charge in [-0.2, -0.15) is 0 Å². The fourth-order valence-corrected chi connectivity index (χ4v) is 5.63. The Morgan fingerprint density at radius 1 is 0.975 bits per heavy atom. The van der Waals surface area contributed by atoms with Gasteiger partial charge in [0.25, 0.3) is 0 Å². The molecule has 0 saturated carbocycles. The van der Waals surface area contributed by atoms with Gasteiger partial charge in [-0.1, -0.05) is 66.2 Å². The van der Waals surface area contributed by atoms with E-state index in [0.29, 0.717) is 31.1 Å². The lowest BCUT2D eigenvalue weighted by atomic mass is 10.1. The highest BCUT2D eigenvalue weighted by atomic mass is 35.5. The lowest BCUT2D eigenvalue weighted by Gasteiger charge is -2.25. The van der Waals surface area contributed by atoms with Crippen molar-refractivity contribution in [1.29, 1.82) is 0 Å². The van der Waals surface area contributed by atoms with E-state index in [4.69, 9.17) is 16.3 Å². The second-order valence-corrected chi connectivity index (χ2v) is 11.6. The third-order valence-electron chi connectivity index (χ3n) is 6.39. The molecule has 4 rings (SSSR count). The first-order chi connectivity index (χ1) is 19.3. The number of esters is 1. The number of pyridine rings is 1. The molecule has 0 bridgehead atoms. The van der Waals surface area contributed by atoms with Crippen LogP contribution in [0.2, 0.25) is 5.02 Å². The van der Waals surface area contributed by atoms with E-state index in [-0.39, 0.29) is 22.1 Å². The molecule has 0 saturated heterocycles. The molecule has 0 aliphatic carbocycles. The zero-order valence-corrected chi connectivity index (χ0v) is 23.7. The number of carbonyl (C=O) groups excluding carboxylic acids is 1. The van der Waals surface area contributed by atoms with Crippen LogP contribution in [0.3, 0.4) is 0 Å². The summed E-state index contributed by atoms with van der Waals surface area (Å²) in [5.74, 6) is -0.551. The highest BCUT2D eigenvalue weighted by molar-refractivity contribution is 7.91. The Bertz CT molecular complexity index is 1510. The van der Waals surface area contributed by atoms with Gasteiger partial charge in [0.05, 0.1) is 23.2 Å². The molecular formula is C31H31ClN2O5S. The smallest absolute Gasteiger partial charge is 0.339 e. The molecule has 40 heavy (non-hydrogen) atoms. The number of sulfone groups is 1. The van der Waals surface area contributed by atoms with Gasteiger partial charge in [0.1, 0.15) is 0 Å². The predicted octanol–water partition coefficient (Wildman–Crippen LogP) is 5.52. The third-order valence-corrected chi connectivity index (χ3v) is 8.31. The van der Waals surface area contributed by atoms with E-state index in [1.165, 1.54) is 18.3 Å². The van der Waals surface area contributed by atoms with E-state index < -0.39 is 21.9 Å². The summed E-state index contributed by atoms with van der Waals surface area (Å²) in [6.07, 6.45) is 1.15. The summed E-state index contributed by atoms with van der Waals surface area (Å²) in [5, 5.41) is 11.3. The monoisotopic (exact) mass is 578 g/mol. The van der Waals surface area contributed by atoms with Crippen LogP contribution in [-0.4, -0.2) is 49.1 Å². The number of aromatic nitrogens is 1. The van der Waals surface area contributed by atoms with Gasteiger partial charge in [-0.25, -0.2) is 18.2 Å². The molecule has 0 aliphatic heterocycles. The Labute approximate surface area is 239 Å². The average molecular weight is 579 g/mol. The van der Waals surface area contributed by atoms with Crippen LogP contribution in [0.5, 0.6) is 0 Å². The first-order valence-electron chi connectivity index (χ1n) is 12.9. The van der Waals surface area contributed by atoms with E-state index in [9.17, 15) is 18.3 Å². The molecule has 3 aromatic carbocycles. The second kappa shape index (κ2) is 13.7. The van der Waals surface area contributed by atoms with Crippen molar-refractivity contribution in [3.05, 3.63) is 124 Å². The molecule has 7 nitrogen and oxygen atoms in total. The number of hydrogen-bond donors (Lipinski definition) is 1. The number of benzene rings is 3. The fraction of sp³-hybridized carbons (Fsp3) is 0.226. The summed E-state index contributed by atoms with van der Waals surface area (Å²) in [4.78, 5) is 18.1. The summed E-state index contributed by atoms with van der Waals surface area (Å²) in [6.45, 7) is 3.62. The van der Waals surface area contributed by atoms with Gasteiger partial charge in [-0.15, -0.1) is 0 Å². The Kier molecular flexibility index (Phi) is 10.1. The molecule has 0 spiro atoms. The van der Waals surface area contributed by atoms with Crippen molar-refractivity contribution in [3.8, 4) is 0 Å². The summed E-state index contributed by atoms with van der Waals surface area (Å²) in [7, 11) is -3.85. The highest BCUT2D eigenvalue weighted by Crippen LogP contribution is 2.22. The van der Waals surface area contributed by atoms with Crippen LogP contribution in [0.25, 0.3) is 0 Å². The maximum Gasteiger partial charge on any atom is 0.339 e. The quantitative estimate of drug-likeness (QED) is 0.221. The van der Waals surface area contributed by atoms with Gasteiger partial charge < -0.3 is 9.84 Å². The topological polar surface area (TPSA) is 96.8 Å². The van der Waals surface area contributed by atoms with Crippen molar-refractivity contribution in [2.45, 2.75) is 35.9 Å². The lowest BCUT2D eigenvalue weighted by molar-refractivity contribution is 0.0525. The summed E-state index contributed by atoms with van der Waals surface area (Å²) in [5.41, 5.74) is 3.03. The highest BCUT2D eigenvalue weighted by Gasteiger charge is 2.20. The maximum atomic E-state index is 13.1. The van der Waals surface area contributed by atoms with Crippen LogP contribution >= 0.6 is 11.6 Å². The summed E-state index contributed by atoms with van der Waals surface area (Å²) < 4.78 is 31.1. The second-order valence-electron chi connectivity index (χ2n) is 9.29. The van der Waals surface area contributed by atoms with Crippen LogP contribution in [-0.2, 0) is 27.5 Å². The molecular weight excluding hydrogens is 548 g/mol.